The SMILES string of the molecule is CC(=O)[C@H]1CCC(=O)O[C@@H]1c1ccccc1. The Morgan fingerprint density at radius 3 is 2.62 bits per heavy atom. The first-order valence-corrected chi connectivity index (χ1v) is 5.43. The van der Waals surface area contributed by atoms with Gasteiger partial charge in [-0.3, -0.25) is 9.59 Å². The topological polar surface area (TPSA) is 43.4 Å². The molecule has 0 bridgehead atoms. The van der Waals surface area contributed by atoms with Crippen LogP contribution in [0.4, 0.5) is 0 Å². The van der Waals surface area contributed by atoms with E-state index in [4.69, 9.17) is 4.74 Å². The van der Waals surface area contributed by atoms with E-state index in [0.29, 0.717) is 12.8 Å². The van der Waals surface area contributed by atoms with Gasteiger partial charge in [-0.2, -0.15) is 0 Å². The number of hydrogen-bond donors (Lipinski definition) is 0. The Hall–Kier alpha value is -1.64. The number of rotatable bonds is 2. The highest BCUT2D eigenvalue weighted by molar-refractivity contribution is 5.82. The Labute approximate surface area is 94.4 Å². The zero-order valence-corrected chi connectivity index (χ0v) is 9.18. The van der Waals surface area contributed by atoms with Crippen molar-refractivity contribution in [2.24, 2.45) is 5.92 Å². The first kappa shape index (κ1) is 10.9. The van der Waals surface area contributed by atoms with E-state index >= 15 is 0 Å². The number of benzene rings is 1. The predicted octanol–water partition coefficient (Wildman–Crippen LogP) is 2.27. The Balaban J connectivity index is 2.27. The Morgan fingerprint density at radius 2 is 2.00 bits per heavy atom. The molecule has 16 heavy (non-hydrogen) atoms. The number of ether oxygens (including phenoxy) is 1. The van der Waals surface area contributed by atoms with E-state index in [-0.39, 0.29) is 17.7 Å². The molecule has 1 aromatic rings. The smallest absolute Gasteiger partial charge is 0.306 e. The molecule has 1 aliphatic rings. The molecule has 1 aromatic carbocycles. The van der Waals surface area contributed by atoms with Gasteiger partial charge in [-0.15, -0.1) is 0 Å². The van der Waals surface area contributed by atoms with Gasteiger partial charge < -0.3 is 4.74 Å². The fraction of sp³-hybridized carbons (Fsp3) is 0.385. The minimum atomic E-state index is -0.403. The summed E-state index contributed by atoms with van der Waals surface area (Å²) in [5, 5.41) is 0. The number of ketones is 1. The van der Waals surface area contributed by atoms with Crippen molar-refractivity contribution in [1.29, 1.82) is 0 Å². The van der Waals surface area contributed by atoms with Crippen LogP contribution in [0.2, 0.25) is 0 Å². The lowest BCUT2D eigenvalue weighted by molar-refractivity contribution is -0.161. The van der Waals surface area contributed by atoms with Crippen molar-refractivity contribution in [3.8, 4) is 0 Å². The van der Waals surface area contributed by atoms with Crippen LogP contribution >= 0.6 is 0 Å². The summed E-state index contributed by atoms with van der Waals surface area (Å²) in [7, 11) is 0. The molecule has 3 heteroatoms. The summed E-state index contributed by atoms with van der Waals surface area (Å²) in [5.74, 6) is -0.326. The predicted molar refractivity (Wildman–Crippen MR) is 58.7 cm³/mol. The van der Waals surface area contributed by atoms with Crippen molar-refractivity contribution in [3.63, 3.8) is 0 Å². The van der Waals surface area contributed by atoms with Gasteiger partial charge in [0.25, 0.3) is 0 Å². The molecule has 1 heterocycles. The van der Waals surface area contributed by atoms with Crippen molar-refractivity contribution in [2.45, 2.75) is 25.9 Å². The number of cyclic esters (lactones) is 1. The zero-order valence-electron chi connectivity index (χ0n) is 9.18. The summed E-state index contributed by atoms with van der Waals surface area (Å²) in [6.45, 7) is 1.56. The second-order valence-corrected chi connectivity index (χ2v) is 4.08. The lowest BCUT2D eigenvalue weighted by atomic mass is 9.87. The summed E-state index contributed by atoms with van der Waals surface area (Å²) in [5.41, 5.74) is 0.899. The fourth-order valence-electron chi connectivity index (χ4n) is 2.07. The molecule has 0 radical (unpaired) electrons. The van der Waals surface area contributed by atoms with Crippen LogP contribution in [0.1, 0.15) is 31.4 Å². The van der Waals surface area contributed by atoms with Gasteiger partial charge in [0.2, 0.25) is 0 Å². The van der Waals surface area contributed by atoms with Crippen molar-refractivity contribution in [3.05, 3.63) is 35.9 Å². The van der Waals surface area contributed by atoms with E-state index < -0.39 is 6.10 Å². The molecular weight excluding hydrogens is 204 g/mol. The Kier molecular flexibility index (Phi) is 3.04. The molecule has 0 unspecified atom stereocenters. The monoisotopic (exact) mass is 218 g/mol. The first-order valence-electron chi connectivity index (χ1n) is 5.43. The summed E-state index contributed by atoms with van der Waals surface area (Å²) in [4.78, 5) is 22.8. The van der Waals surface area contributed by atoms with Crippen LogP contribution < -0.4 is 0 Å². The summed E-state index contributed by atoms with van der Waals surface area (Å²) >= 11 is 0. The van der Waals surface area contributed by atoms with Gasteiger partial charge in [-0.1, -0.05) is 30.3 Å². The maximum Gasteiger partial charge on any atom is 0.306 e. The van der Waals surface area contributed by atoms with E-state index in [1.807, 2.05) is 30.3 Å². The van der Waals surface area contributed by atoms with Crippen LogP contribution in [0, 0.1) is 5.92 Å². The molecule has 0 N–H and O–H groups in total. The van der Waals surface area contributed by atoms with Gasteiger partial charge in [0.15, 0.2) is 0 Å². The van der Waals surface area contributed by atoms with Gasteiger partial charge in [0, 0.05) is 6.42 Å². The average molecular weight is 218 g/mol. The third kappa shape index (κ3) is 2.13. The van der Waals surface area contributed by atoms with Gasteiger partial charge in [-0.05, 0) is 18.9 Å². The highest BCUT2D eigenvalue weighted by Crippen LogP contribution is 2.34. The number of carbonyl (C=O) groups is 2. The quantitative estimate of drug-likeness (QED) is 0.715. The van der Waals surface area contributed by atoms with Gasteiger partial charge in [0.1, 0.15) is 11.9 Å². The van der Waals surface area contributed by atoms with E-state index in [1.165, 1.54) is 0 Å². The highest BCUT2D eigenvalue weighted by atomic mass is 16.5. The molecule has 1 aliphatic heterocycles. The van der Waals surface area contributed by atoms with Crippen molar-refractivity contribution in [2.75, 3.05) is 0 Å². The second kappa shape index (κ2) is 4.47. The maximum atomic E-state index is 11.5. The van der Waals surface area contributed by atoms with E-state index in [2.05, 4.69) is 0 Å². The van der Waals surface area contributed by atoms with Crippen molar-refractivity contribution < 1.29 is 14.3 Å². The Morgan fingerprint density at radius 1 is 1.31 bits per heavy atom. The van der Waals surface area contributed by atoms with E-state index in [9.17, 15) is 9.59 Å². The molecule has 3 nitrogen and oxygen atoms in total. The zero-order chi connectivity index (χ0) is 11.5. The molecule has 2 rings (SSSR count). The summed E-state index contributed by atoms with van der Waals surface area (Å²) in [6.07, 6.45) is 0.529. The first-order chi connectivity index (χ1) is 7.68. The van der Waals surface area contributed by atoms with Gasteiger partial charge >= 0.3 is 5.97 Å². The van der Waals surface area contributed by atoms with Crippen molar-refractivity contribution in [1.82, 2.24) is 0 Å². The molecule has 2 atom stereocenters. The molecule has 0 aromatic heterocycles. The number of hydrogen-bond acceptors (Lipinski definition) is 3. The molecule has 1 fully saturated rings. The van der Waals surface area contributed by atoms with E-state index in [1.54, 1.807) is 6.92 Å². The summed E-state index contributed by atoms with van der Waals surface area (Å²) < 4.78 is 5.29. The normalized spacial score (nSPS) is 24.9. The largest absolute Gasteiger partial charge is 0.457 e. The Bertz CT molecular complexity index is 397. The van der Waals surface area contributed by atoms with Gasteiger partial charge in [-0.25, -0.2) is 0 Å². The maximum absolute atomic E-state index is 11.5. The molecule has 0 saturated carbocycles. The number of Topliss-reactive ketones (excluding diaryl/α,β-unsaturated/α-hetero) is 1. The van der Waals surface area contributed by atoms with Crippen LogP contribution in [0.25, 0.3) is 0 Å². The number of esters is 1. The molecule has 1 saturated heterocycles. The van der Waals surface area contributed by atoms with Crippen LogP contribution in [0.3, 0.4) is 0 Å². The number of carbonyl (C=O) groups excluding carboxylic acids is 2. The highest BCUT2D eigenvalue weighted by Gasteiger charge is 2.34. The molecule has 84 valence electrons. The molecule has 0 aliphatic carbocycles. The summed E-state index contributed by atoms with van der Waals surface area (Å²) in [6, 6.07) is 9.44. The third-order valence-corrected chi connectivity index (χ3v) is 2.93. The standard InChI is InChI=1S/C13H14O3/c1-9(14)11-7-8-12(15)16-13(11)10-5-3-2-4-6-10/h2-6,11,13H,7-8H2,1H3/t11-,13-/m1/s1. The van der Waals surface area contributed by atoms with Crippen LogP contribution in [0.5, 0.6) is 0 Å². The van der Waals surface area contributed by atoms with Crippen LogP contribution in [-0.2, 0) is 14.3 Å². The van der Waals surface area contributed by atoms with Gasteiger partial charge in [0.05, 0.1) is 5.92 Å². The third-order valence-electron chi connectivity index (χ3n) is 2.93. The average Bonchev–Trinajstić information content (AvgIpc) is 2.29. The van der Waals surface area contributed by atoms with Crippen molar-refractivity contribution >= 4 is 11.8 Å². The lowest BCUT2D eigenvalue weighted by Crippen LogP contribution is -2.30. The minimum absolute atomic E-state index is 0.0846. The fourth-order valence-corrected chi connectivity index (χ4v) is 2.07. The second-order valence-electron chi connectivity index (χ2n) is 4.08. The lowest BCUT2D eigenvalue weighted by Gasteiger charge is -2.29. The minimum Gasteiger partial charge on any atom is -0.457 e. The van der Waals surface area contributed by atoms with Crippen LogP contribution in [-0.4, -0.2) is 11.8 Å². The molecule has 0 spiro atoms. The van der Waals surface area contributed by atoms with E-state index in [0.717, 1.165) is 5.56 Å². The molecule has 0 amide bonds. The van der Waals surface area contributed by atoms with Crippen LogP contribution in [0.15, 0.2) is 30.3 Å². The molecular formula is C13H14O3.